The molecule has 2 heterocycles. The maximum Gasteiger partial charge on any atom is 0.270 e. The van der Waals surface area contributed by atoms with E-state index in [9.17, 15) is 30.3 Å². The number of hydrogen-bond donors (Lipinski definition) is 0. The standard InChI is InChI=1S/C31H31N5O6/c1-3-5-15-32-19-27(25-17-23(35(39)40)11-13-29(25)32)31(21-7-9-22(10-8-21)34(37)38)28-20-33(16-6-4-2)30-14-12-24(36(41)42)18-26(28)30/h7-14,17-20,31H,3-6,15-16H2,1-2H3. The monoisotopic (exact) mass is 569 g/mol. The van der Waals surface area contributed by atoms with Crippen molar-refractivity contribution in [3.8, 4) is 0 Å². The number of fused-ring (bicyclic) bond motifs is 2. The van der Waals surface area contributed by atoms with Crippen LogP contribution in [0.5, 0.6) is 0 Å². The minimum atomic E-state index is -0.509. The number of benzene rings is 3. The second kappa shape index (κ2) is 11.8. The maximum atomic E-state index is 11.8. The molecule has 2 aromatic heterocycles. The molecule has 11 heteroatoms. The third-order valence-corrected chi connectivity index (χ3v) is 7.78. The Morgan fingerprint density at radius 2 is 1.02 bits per heavy atom. The molecular weight excluding hydrogens is 538 g/mol. The SMILES string of the molecule is CCCCn1cc(C(c2ccc([N+](=O)[O-])cc2)c2cn(CCCC)c3ccc([N+](=O)[O-])cc23)c2cc([N+](=O)[O-])ccc21. The van der Waals surface area contributed by atoms with Crippen molar-refractivity contribution in [2.75, 3.05) is 0 Å². The molecule has 0 aliphatic carbocycles. The largest absolute Gasteiger partial charge is 0.347 e. The summed E-state index contributed by atoms with van der Waals surface area (Å²) in [4.78, 5) is 33.7. The Morgan fingerprint density at radius 1 is 0.619 bits per heavy atom. The normalized spacial score (nSPS) is 11.5. The average Bonchev–Trinajstić information content (AvgIpc) is 3.53. The molecule has 0 atom stereocenters. The number of rotatable bonds is 12. The fourth-order valence-corrected chi connectivity index (χ4v) is 5.65. The molecule has 5 aromatic rings. The molecule has 0 fully saturated rings. The van der Waals surface area contributed by atoms with Crippen LogP contribution in [-0.4, -0.2) is 23.9 Å². The van der Waals surface area contributed by atoms with Gasteiger partial charge in [-0.2, -0.15) is 0 Å². The molecule has 5 rings (SSSR count). The molecule has 0 aliphatic heterocycles. The highest BCUT2D eigenvalue weighted by Gasteiger charge is 2.28. The topological polar surface area (TPSA) is 139 Å². The number of nitro groups is 3. The lowest BCUT2D eigenvalue weighted by atomic mass is 9.84. The smallest absolute Gasteiger partial charge is 0.270 e. The second-order valence-corrected chi connectivity index (χ2v) is 10.5. The van der Waals surface area contributed by atoms with Gasteiger partial charge in [-0.3, -0.25) is 30.3 Å². The van der Waals surface area contributed by atoms with E-state index in [0.29, 0.717) is 23.9 Å². The molecule has 0 amide bonds. The number of non-ortho nitro benzene ring substituents is 3. The van der Waals surface area contributed by atoms with Crippen LogP contribution in [0.15, 0.2) is 73.1 Å². The zero-order chi connectivity index (χ0) is 30.0. The molecule has 0 spiro atoms. The molecule has 0 bridgehead atoms. The summed E-state index contributed by atoms with van der Waals surface area (Å²) in [5, 5.41) is 36.4. The minimum Gasteiger partial charge on any atom is -0.347 e. The Morgan fingerprint density at radius 3 is 1.40 bits per heavy atom. The van der Waals surface area contributed by atoms with Crippen molar-refractivity contribution in [1.82, 2.24) is 9.13 Å². The fourth-order valence-electron chi connectivity index (χ4n) is 5.65. The molecule has 11 nitrogen and oxygen atoms in total. The molecule has 0 unspecified atom stereocenters. The highest BCUT2D eigenvalue weighted by atomic mass is 16.6. The summed E-state index contributed by atoms with van der Waals surface area (Å²) in [5.41, 5.74) is 3.87. The van der Waals surface area contributed by atoms with Gasteiger partial charge in [-0.15, -0.1) is 0 Å². The lowest BCUT2D eigenvalue weighted by Crippen LogP contribution is -2.04. The van der Waals surface area contributed by atoms with E-state index in [2.05, 4.69) is 23.0 Å². The van der Waals surface area contributed by atoms with Gasteiger partial charge in [-0.25, -0.2) is 0 Å². The Bertz CT molecular complexity index is 1700. The zero-order valence-corrected chi connectivity index (χ0v) is 23.4. The molecule has 0 aliphatic rings. The Kier molecular flexibility index (Phi) is 8.01. The molecule has 3 aromatic carbocycles. The van der Waals surface area contributed by atoms with Gasteiger partial charge in [0.25, 0.3) is 17.1 Å². The Labute approximate surface area is 241 Å². The first kappa shape index (κ1) is 28.5. The highest BCUT2D eigenvalue weighted by Crippen LogP contribution is 2.43. The van der Waals surface area contributed by atoms with Gasteiger partial charge in [0.05, 0.1) is 14.8 Å². The van der Waals surface area contributed by atoms with E-state index >= 15 is 0 Å². The van der Waals surface area contributed by atoms with E-state index in [1.165, 1.54) is 24.3 Å². The molecule has 42 heavy (non-hydrogen) atoms. The van der Waals surface area contributed by atoms with Crippen molar-refractivity contribution >= 4 is 38.9 Å². The van der Waals surface area contributed by atoms with Crippen LogP contribution in [0.25, 0.3) is 21.8 Å². The van der Waals surface area contributed by atoms with Crippen LogP contribution < -0.4 is 0 Å². The zero-order valence-electron chi connectivity index (χ0n) is 23.4. The average molecular weight is 570 g/mol. The van der Waals surface area contributed by atoms with Gasteiger partial charge in [0.1, 0.15) is 0 Å². The van der Waals surface area contributed by atoms with Crippen LogP contribution in [0.3, 0.4) is 0 Å². The van der Waals surface area contributed by atoms with Gasteiger partial charge in [0.15, 0.2) is 0 Å². The Hall–Kier alpha value is -5.06. The van der Waals surface area contributed by atoms with Crippen molar-refractivity contribution in [2.45, 2.75) is 58.5 Å². The molecular formula is C31H31N5O6. The number of unbranched alkanes of at least 4 members (excludes halogenated alkanes) is 2. The van der Waals surface area contributed by atoms with E-state index < -0.39 is 20.7 Å². The first-order chi connectivity index (χ1) is 20.2. The fraction of sp³-hybridized carbons (Fsp3) is 0.290. The van der Waals surface area contributed by atoms with Gasteiger partial charge < -0.3 is 9.13 Å². The van der Waals surface area contributed by atoms with Gasteiger partial charge >= 0.3 is 0 Å². The van der Waals surface area contributed by atoms with Crippen LogP contribution >= 0.6 is 0 Å². The highest BCUT2D eigenvalue weighted by molar-refractivity contribution is 5.91. The predicted molar refractivity (Wildman–Crippen MR) is 161 cm³/mol. The number of aromatic nitrogens is 2. The lowest BCUT2D eigenvalue weighted by molar-refractivity contribution is -0.385. The number of hydrogen-bond acceptors (Lipinski definition) is 6. The van der Waals surface area contributed by atoms with Crippen LogP contribution in [0, 0.1) is 30.3 Å². The van der Waals surface area contributed by atoms with E-state index in [0.717, 1.165) is 53.4 Å². The van der Waals surface area contributed by atoms with E-state index in [4.69, 9.17) is 0 Å². The van der Waals surface area contributed by atoms with Crippen molar-refractivity contribution in [1.29, 1.82) is 0 Å². The summed E-state index contributed by atoms with van der Waals surface area (Å²) in [7, 11) is 0. The Balaban J connectivity index is 1.84. The van der Waals surface area contributed by atoms with Crippen LogP contribution in [0.1, 0.15) is 62.1 Å². The van der Waals surface area contributed by atoms with Gasteiger partial charge in [0, 0.05) is 89.6 Å². The summed E-state index contributed by atoms with van der Waals surface area (Å²) in [5.74, 6) is -0.509. The molecule has 0 saturated heterocycles. The number of nitro benzene ring substituents is 3. The van der Waals surface area contributed by atoms with Crippen molar-refractivity contribution in [3.63, 3.8) is 0 Å². The lowest BCUT2D eigenvalue weighted by Gasteiger charge is -2.17. The summed E-state index contributed by atoms with van der Waals surface area (Å²) in [6.45, 7) is 5.60. The summed E-state index contributed by atoms with van der Waals surface area (Å²) < 4.78 is 4.18. The minimum absolute atomic E-state index is 0.0412. The predicted octanol–water partition coefficient (Wildman–Crippen LogP) is 8.10. The third-order valence-electron chi connectivity index (χ3n) is 7.78. The van der Waals surface area contributed by atoms with E-state index in [1.807, 2.05) is 12.4 Å². The molecule has 0 saturated carbocycles. The summed E-state index contributed by atoms with van der Waals surface area (Å²) >= 11 is 0. The van der Waals surface area contributed by atoms with Gasteiger partial charge in [-0.05, 0) is 41.7 Å². The first-order valence-corrected chi connectivity index (χ1v) is 14.0. The van der Waals surface area contributed by atoms with Crippen LogP contribution in [0.2, 0.25) is 0 Å². The van der Waals surface area contributed by atoms with Gasteiger partial charge in [0.2, 0.25) is 0 Å². The van der Waals surface area contributed by atoms with Crippen LogP contribution in [0.4, 0.5) is 17.1 Å². The summed E-state index contributed by atoms with van der Waals surface area (Å²) in [6.07, 6.45) is 7.74. The third kappa shape index (κ3) is 5.32. The second-order valence-electron chi connectivity index (χ2n) is 10.5. The van der Waals surface area contributed by atoms with Crippen LogP contribution in [-0.2, 0) is 13.1 Å². The maximum absolute atomic E-state index is 11.8. The first-order valence-electron chi connectivity index (χ1n) is 14.0. The van der Waals surface area contributed by atoms with Gasteiger partial charge in [-0.1, -0.05) is 38.8 Å². The van der Waals surface area contributed by atoms with Crippen molar-refractivity contribution in [2.24, 2.45) is 0 Å². The molecule has 216 valence electrons. The van der Waals surface area contributed by atoms with E-state index in [1.54, 1.807) is 36.4 Å². The number of nitrogens with zero attached hydrogens (tertiary/aromatic N) is 5. The summed E-state index contributed by atoms with van der Waals surface area (Å²) in [6, 6.07) is 15.9. The molecule has 0 radical (unpaired) electrons. The van der Waals surface area contributed by atoms with E-state index in [-0.39, 0.29) is 17.1 Å². The molecule has 0 N–H and O–H groups in total. The number of aryl methyl sites for hydroxylation is 2. The van der Waals surface area contributed by atoms with Crippen molar-refractivity contribution < 1.29 is 14.8 Å². The quantitative estimate of drug-likeness (QED) is 0.110. The van der Waals surface area contributed by atoms with Crippen molar-refractivity contribution in [3.05, 3.63) is 120 Å².